The predicted molar refractivity (Wildman–Crippen MR) is 83.1 cm³/mol. The van der Waals surface area contributed by atoms with E-state index in [1.165, 1.54) is 0 Å². The number of carbonyl (C=O) groups is 1. The van der Waals surface area contributed by atoms with E-state index >= 15 is 0 Å². The van der Waals surface area contributed by atoms with Crippen LogP contribution < -0.4 is 11.1 Å². The summed E-state index contributed by atoms with van der Waals surface area (Å²) < 4.78 is 0. The van der Waals surface area contributed by atoms with Crippen molar-refractivity contribution in [3.63, 3.8) is 0 Å². The fourth-order valence-corrected chi connectivity index (χ4v) is 2.94. The van der Waals surface area contributed by atoms with Crippen LogP contribution in [-0.2, 0) is 4.79 Å². The van der Waals surface area contributed by atoms with E-state index in [1.807, 2.05) is 0 Å². The van der Waals surface area contributed by atoms with Crippen LogP contribution in [0.3, 0.4) is 0 Å². The first-order valence-corrected chi connectivity index (χ1v) is 6.89. The molecule has 0 aromatic carbocycles. The summed E-state index contributed by atoms with van der Waals surface area (Å²) in [4.78, 5) is 14.4. The third kappa shape index (κ3) is 5.86. The molecule has 1 aliphatic heterocycles. The Kier molecular flexibility index (Phi) is 8.99. The first-order chi connectivity index (χ1) is 8.15. The molecule has 19 heavy (non-hydrogen) atoms. The molecule has 114 valence electrons. The third-order valence-electron chi connectivity index (χ3n) is 4.15. The van der Waals surface area contributed by atoms with E-state index < -0.39 is 0 Å². The predicted octanol–water partition coefficient (Wildman–Crippen LogP) is 1.56. The van der Waals surface area contributed by atoms with Crippen LogP contribution in [0, 0.1) is 5.92 Å². The van der Waals surface area contributed by atoms with Gasteiger partial charge in [-0.1, -0.05) is 6.42 Å². The lowest BCUT2D eigenvalue weighted by atomic mass is 9.85. The number of rotatable bonds is 2. The van der Waals surface area contributed by atoms with Crippen LogP contribution in [0.4, 0.5) is 0 Å². The van der Waals surface area contributed by atoms with Gasteiger partial charge in [0.05, 0.1) is 0 Å². The molecule has 1 heterocycles. The van der Waals surface area contributed by atoms with Gasteiger partial charge >= 0.3 is 0 Å². The number of hydrogen-bond acceptors (Lipinski definition) is 3. The molecule has 2 aliphatic rings. The van der Waals surface area contributed by atoms with Gasteiger partial charge in [-0.3, -0.25) is 4.79 Å². The molecule has 1 amide bonds. The molecule has 2 unspecified atom stereocenters. The molecule has 0 aromatic heterocycles. The molecule has 0 bridgehead atoms. The average molecular weight is 312 g/mol. The van der Waals surface area contributed by atoms with E-state index in [1.54, 1.807) is 0 Å². The Bertz CT molecular complexity index is 271. The Labute approximate surface area is 128 Å². The highest BCUT2D eigenvalue weighted by molar-refractivity contribution is 5.85. The molecule has 1 saturated carbocycles. The van der Waals surface area contributed by atoms with Crippen LogP contribution in [0.5, 0.6) is 0 Å². The zero-order valence-electron chi connectivity index (χ0n) is 11.6. The van der Waals surface area contributed by atoms with E-state index in [-0.39, 0.29) is 42.7 Å². The average Bonchev–Trinajstić information content (AvgIpc) is 2.32. The van der Waals surface area contributed by atoms with Gasteiger partial charge in [-0.2, -0.15) is 0 Å². The van der Waals surface area contributed by atoms with E-state index in [2.05, 4.69) is 17.3 Å². The van der Waals surface area contributed by atoms with Gasteiger partial charge in [0, 0.05) is 18.0 Å². The number of nitrogens with zero attached hydrogens (tertiary/aromatic N) is 1. The van der Waals surface area contributed by atoms with Crippen molar-refractivity contribution in [2.45, 2.75) is 50.6 Å². The van der Waals surface area contributed by atoms with E-state index in [4.69, 9.17) is 5.73 Å². The number of carbonyl (C=O) groups excluding carboxylic acids is 1. The summed E-state index contributed by atoms with van der Waals surface area (Å²) in [6, 6.07) is 0.619. The summed E-state index contributed by atoms with van der Waals surface area (Å²) in [5.41, 5.74) is 5.93. The molecule has 0 radical (unpaired) electrons. The standard InChI is InChI=1S/C13H25N3O.2ClH/c1-16-7-5-12(6-8-16)15-13(17)10-3-2-4-11(14)9-10;;/h10-12H,2-9,14H2,1H3,(H,15,17);2*1H. The maximum absolute atomic E-state index is 12.1. The topological polar surface area (TPSA) is 58.4 Å². The molecular formula is C13H27Cl2N3O. The second kappa shape index (κ2) is 9.01. The highest BCUT2D eigenvalue weighted by Crippen LogP contribution is 2.23. The number of nitrogens with two attached hydrogens (primary N) is 1. The maximum atomic E-state index is 12.1. The summed E-state index contributed by atoms with van der Waals surface area (Å²) in [5, 5.41) is 3.21. The number of hydrogen-bond donors (Lipinski definition) is 2. The van der Waals surface area contributed by atoms with Crippen LogP contribution in [0.1, 0.15) is 38.5 Å². The molecule has 1 aliphatic carbocycles. The molecule has 0 spiro atoms. The number of likely N-dealkylation sites (tertiary alicyclic amines) is 1. The zero-order valence-corrected chi connectivity index (χ0v) is 13.3. The van der Waals surface area contributed by atoms with Crippen LogP contribution in [-0.4, -0.2) is 43.0 Å². The molecule has 2 fully saturated rings. The normalized spacial score (nSPS) is 28.9. The van der Waals surface area contributed by atoms with Gasteiger partial charge < -0.3 is 16.0 Å². The Morgan fingerprint density at radius 1 is 1.16 bits per heavy atom. The van der Waals surface area contributed by atoms with Crippen molar-refractivity contribution in [3.05, 3.63) is 0 Å². The lowest BCUT2D eigenvalue weighted by Gasteiger charge is -2.32. The Balaban J connectivity index is 0.00000162. The lowest BCUT2D eigenvalue weighted by molar-refractivity contribution is -0.127. The Morgan fingerprint density at radius 2 is 1.79 bits per heavy atom. The number of halogens is 2. The quantitative estimate of drug-likeness (QED) is 0.813. The summed E-state index contributed by atoms with van der Waals surface area (Å²) >= 11 is 0. The molecule has 1 saturated heterocycles. The summed E-state index contributed by atoms with van der Waals surface area (Å²) in [6.45, 7) is 2.18. The largest absolute Gasteiger partial charge is 0.353 e. The highest BCUT2D eigenvalue weighted by atomic mass is 35.5. The minimum Gasteiger partial charge on any atom is -0.353 e. The summed E-state index contributed by atoms with van der Waals surface area (Å²) in [7, 11) is 2.14. The first kappa shape index (κ1) is 19.0. The molecule has 2 atom stereocenters. The van der Waals surface area contributed by atoms with Crippen LogP contribution >= 0.6 is 24.8 Å². The number of nitrogens with one attached hydrogen (secondary N) is 1. The zero-order chi connectivity index (χ0) is 12.3. The van der Waals surface area contributed by atoms with Crippen molar-refractivity contribution >= 4 is 30.7 Å². The lowest BCUT2D eigenvalue weighted by Crippen LogP contribution is -2.46. The smallest absolute Gasteiger partial charge is 0.223 e. The highest BCUT2D eigenvalue weighted by Gasteiger charge is 2.27. The first-order valence-electron chi connectivity index (χ1n) is 6.89. The van der Waals surface area contributed by atoms with E-state index in [0.29, 0.717) is 6.04 Å². The fourth-order valence-electron chi connectivity index (χ4n) is 2.94. The maximum Gasteiger partial charge on any atom is 0.223 e. The summed E-state index contributed by atoms with van der Waals surface area (Å²) in [6.07, 6.45) is 6.25. The number of amides is 1. The summed E-state index contributed by atoms with van der Waals surface area (Å²) in [5.74, 6) is 0.410. The van der Waals surface area contributed by atoms with Gasteiger partial charge in [-0.25, -0.2) is 0 Å². The van der Waals surface area contributed by atoms with Gasteiger partial charge in [0.25, 0.3) is 0 Å². The molecule has 0 aromatic rings. The van der Waals surface area contributed by atoms with E-state index in [0.717, 1.165) is 51.6 Å². The monoisotopic (exact) mass is 311 g/mol. The third-order valence-corrected chi connectivity index (χ3v) is 4.15. The molecule has 6 heteroatoms. The van der Waals surface area contributed by atoms with Gasteiger partial charge in [0.2, 0.25) is 5.91 Å². The van der Waals surface area contributed by atoms with Crippen LogP contribution in [0.15, 0.2) is 0 Å². The molecule has 3 N–H and O–H groups in total. The minimum atomic E-state index is 0. The van der Waals surface area contributed by atoms with Crippen molar-refractivity contribution in [1.82, 2.24) is 10.2 Å². The Morgan fingerprint density at radius 3 is 2.37 bits per heavy atom. The second-order valence-electron chi connectivity index (χ2n) is 5.71. The van der Waals surface area contributed by atoms with Gasteiger partial charge in [0.15, 0.2) is 0 Å². The minimum absolute atomic E-state index is 0. The van der Waals surface area contributed by atoms with Crippen molar-refractivity contribution in [2.75, 3.05) is 20.1 Å². The second-order valence-corrected chi connectivity index (χ2v) is 5.71. The van der Waals surface area contributed by atoms with Crippen molar-refractivity contribution < 1.29 is 4.79 Å². The van der Waals surface area contributed by atoms with Crippen LogP contribution in [0.25, 0.3) is 0 Å². The van der Waals surface area contributed by atoms with Crippen molar-refractivity contribution in [2.24, 2.45) is 11.7 Å². The van der Waals surface area contributed by atoms with Gasteiger partial charge in [-0.05, 0) is 52.2 Å². The van der Waals surface area contributed by atoms with Crippen molar-refractivity contribution in [3.8, 4) is 0 Å². The van der Waals surface area contributed by atoms with Crippen LogP contribution in [0.2, 0.25) is 0 Å². The SMILES string of the molecule is CN1CCC(NC(=O)C2CCCC(N)C2)CC1.Cl.Cl. The van der Waals surface area contributed by atoms with Gasteiger partial charge in [0.1, 0.15) is 0 Å². The van der Waals surface area contributed by atoms with Gasteiger partial charge in [-0.15, -0.1) is 24.8 Å². The molecule has 4 nitrogen and oxygen atoms in total. The van der Waals surface area contributed by atoms with Crippen molar-refractivity contribution in [1.29, 1.82) is 0 Å². The number of piperidine rings is 1. The molecular weight excluding hydrogens is 285 g/mol. The molecule has 2 rings (SSSR count). The Hall–Kier alpha value is -0.0300. The fraction of sp³-hybridized carbons (Fsp3) is 0.923. The van der Waals surface area contributed by atoms with E-state index in [9.17, 15) is 4.79 Å².